The van der Waals surface area contributed by atoms with E-state index in [0.717, 1.165) is 29.4 Å². The molecule has 116 valence electrons. The molecule has 2 heterocycles. The molecule has 1 unspecified atom stereocenters. The van der Waals surface area contributed by atoms with Gasteiger partial charge >= 0.3 is 6.03 Å². The Morgan fingerprint density at radius 2 is 2.32 bits per heavy atom. The van der Waals surface area contributed by atoms with Gasteiger partial charge in [-0.25, -0.2) is 4.79 Å². The van der Waals surface area contributed by atoms with Gasteiger partial charge in [-0.1, -0.05) is 0 Å². The molecule has 0 spiro atoms. The van der Waals surface area contributed by atoms with Crippen molar-refractivity contribution < 1.29 is 4.79 Å². The van der Waals surface area contributed by atoms with Gasteiger partial charge in [-0.3, -0.25) is 0 Å². The summed E-state index contributed by atoms with van der Waals surface area (Å²) < 4.78 is 0. The Morgan fingerprint density at radius 3 is 3.00 bits per heavy atom. The number of hydrogen-bond donors (Lipinski definition) is 4. The number of urea groups is 1. The first-order valence-electron chi connectivity index (χ1n) is 7.39. The van der Waals surface area contributed by atoms with Gasteiger partial charge in [0, 0.05) is 42.1 Å². The zero-order chi connectivity index (χ0) is 15.7. The monoisotopic (exact) mass is 299 g/mol. The fourth-order valence-electron chi connectivity index (χ4n) is 2.98. The van der Waals surface area contributed by atoms with Crippen molar-refractivity contribution in [2.24, 2.45) is 11.5 Å². The van der Waals surface area contributed by atoms with E-state index in [1.54, 1.807) is 0 Å². The minimum Gasteiger partial charge on any atom is -0.378 e. The van der Waals surface area contributed by atoms with Crippen LogP contribution < -0.4 is 16.8 Å². The summed E-state index contributed by atoms with van der Waals surface area (Å²) in [5.41, 5.74) is 15.5. The van der Waals surface area contributed by atoms with Crippen molar-refractivity contribution in [2.45, 2.75) is 18.9 Å². The second kappa shape index (κ2) is 5.73. The Morgan fingerprint density at radius 1 is 1.50 bits per heavy atom. The van der Waals surface area contributed by atoms with Crippen molar-refractivity contribution in [1.82, 2.24) is 9.88 Å². The van der Waals surface area contributed by atoms with E-state index < -0.39 is 6.03 Å². The quantitative estimate of drug-likeness (QED) is 0.699. The predicted octanol–water partition coefficient (Wildman–Crippen LogP) is 2.27. The maximum absolute atomic E-state index is 11.0. The lowest BCUT2D eigenvalue weighted by Gasteiger charge is -2.15. The van der Waals surface area contributed by atoms with Crippen LogP contribution in [-0.4, -0.2) is 29.5 Å². The smallest absolute Gasteiger partial charge is 0.316 e. The second-order valence-corrected chi connectivity index (χ2v) is 5.70. The first kappa shape index (κ1) is 14.5. The van der Waals surface area contributed by atoms with Crippen LogP contribution in [0, 0.1) is 0 Å². The van der Waals surface area contributed by atoms with E-state index in [4.69, 9.17) is 11.5 Å². The van der Waals surface area contributed by atoms with Crippen LogP contribution in [0.1, 0.15) is 24.4 Å². The summed E-state index contributed by atoms with van der Waals surface area (Å²) in [7, 11) is 2.09. The molecule has 1 saturated heterocycles. The Kier molecular flexibility index (Phi) is 3.77. The molecule has 0 radical (unpaired) electrons. The highest BCUT2D eigenvalue weighted by atomic mass is 16.2. The molecule has 6 nitrogen and oxygen atoms in total. The molecule has 1 aromatic heterocycles. The normalized spacial score (nSPS) is 18.1. The van der Waals surface area contributed by atoms with Crippen LogP contribution in [0.2, 0.25) is 0 Å². The lowest BCUT2D eigenvalue weighted by atomic mass is 10.0. The van der Waals surface area contributed by atoms with Crippen molar-refractivity contribution in [3.63, 3.8) is 0 Å². The standard InChI is InChI=1S/C16H21N5O/c1-21-6-2-3-11(21)8-14(17)13-9-19-15-5-4-10(7-12(13)15)20-16(18)22/h4-5,7-9,14,19H,2-3,6,17H2,1H3,(H3,18,20,22). The molecule has 1 aliphatic rings. The second-order valence-electron chi connectivity index (χ2n) is 5.70. The van der Waals surface area contributed by atoms with Gasteiger partial charge < -0.3 is 26.7 Å². The highest BCUT2D eigenvalue weighted by Crippen LogP contribution is 2.29. The Balaban J connectivity index is 1.94. The van der Waals surface area contributed by atoms with Gasteiger partial charge in [0.05, 0.1) is 6.04 Å². The highest BCUT2D eigenvalue weighted by Gasteiger charge is 2.16. The number of benzene rings is 1. The molecule has 0 bridgehead atoms. The number of anilines is 1. The van der Waals surface area contributed by atoms with E-state index in [9.17, 15) is 4.79 Å². The number of primary amides is 1. The van der Waals surface area contributed by atoms with Gasteiger partial charge in [0.25, 0.3) is 0 Å². The van der Waals surface area contributed by atoms with Crippen LogP contribution in [-0.2, 0) is 0 Å². The number of aromatic amines is 1. The van der Waals surface area contributed by atoms with Crippen molar-refractivity contribution in [3.8, 4) is 0 Å². The lowest BCUT2D eigenvalue weighted by Crippen LogP contribution is -2.19. The molecule has 6 N–H and O–H groups in total. The van der Waals surface area contributed by atoms with Crippen LogP contribution in [0.25, 0.3) is 10.9 Å². The Hall–Kier alpha value is -2.47. The van der Waals surface area contributed by atoms with E-state index in [0.29, 0.717) is 5.69 Å². The number of aromatic nitrogens is 1. The summed E-state index contributed by atoms with van der Waals surface area (Å²) in [5.74, 6) is 0. The number of rotatable bonds is 3. The van der Waals surface area contributed by atoms with Gasteiger partial charge in [0.1, 0.15) is 0 Å². The van der Waals surface area contributed by atoms with Crippen LogP contribution >= 0.6 is 0 Å². The number of allylic oxidation sites excluding steroid dienone is 1. The van der Waals surface area contributed by atoms with Crippen LogP contribution in [0.3, 0.4) is 0 Å². The predicted molar refractivity (Wildman–Crippen MR) is 88.4 cm³/mol. The Bertz CT molecular complexity index is 733. The largest absolute Gasteiger partial charge is 0.378 e. The zero-order valence-corrected chi connectivity index (χ0v) is 12.6. The van der Waals surface area contributed by atoms with E-state index in [1.807, 2.05) is 24.4 Å². The molecule has 1 aliphatic heterocycles. The summed E-state index contributed by atoms with van der Waals surface area (Å²) in [6, 6.07) is 4.85. The van der Waals surface area contributed by atoms with Gasteiger partial charge in [-0.05, 0) is 42.7 Å². The van der Waals surface area contributed by atoms with E-state index >= 15 is 0 Å². The number of fused-ring (bicyclic) bond motifs is 1. The number of hydrogen-bond acceptors (Lipinski definition) is 3. The third-order valence-electron chi connectivity index (χ3n) is 4.13. The Labute approximate surface area is 129 Å². The fraction of sp³-hybridized carbons (Fsp3) is 0.312. The summed E-state index contributed by atoms with van der Waals surface area (Å²) in [6.07, 6.45) is 6.29. The maximum Gasteiger partial charge on any atom is 0.316 e. The molecule has 2 amide bonds. The number of carbonyl (C=O) groups is 1. The SMILES string of the molecule is CN1CCCC1=CC(N)c1c[nH]c2ccc(NC(N)=O)cc12. The number of amides is 2. The zero-order valence-electron chi connectivity index (χ0n) is 12.6. The van der Waals surface area contributed by atoms with E-state index in [1.165, 1.54) is 12.1 Å². The fourth-order valence-corrected chi connectivity index (χ4v) is 2.98. The number of nitrogens with zero attached hydrogens (tertiary/aromatic N) is 1. The minimum atomic E-state index is -0.574. The van der Waals surface area contributed by atoms with E-state index in [-0.39, 0.29) is 6.04 Å². The van der Waals surface area contributed by atoms with Crippen molar-refractivity contribution in [2.75, 3.05) is 18.9 Å². The first-order valence-corrected chi connectivity index (χ1v) is 7.39. The molecule has 3 rings (SSSR count). The number of nitrogens with two attached hydrogens (primary N) is 2. The minimum absolute atomic E-state index is 0.187. The average molecular weight is 299 g/mol. The summed E-state index contributed by atoms with van der Waals surface area (Å²) in [4.78, 5) is 16.5. The third-order valence-corrected chi connectivity index (χ3v) is 4.13. The van der Waals surface area contributed by atoms with Gasteiger partial charge in [0.2, 0.25) is 0 Å². The molecular weight excluding hydrogens is 278 g/mol. The van der Waals surface area contributed by atoms with Crippen molar-refractivity contribution in [1.29, 1.82) is 0 Å². The van der Waals surface area contributed by atoms with Crippen LogP contribution in [0.15, 0.2) is 36.2 Å². The van der Waals surface area contributed by atoms with Gasteiger partial charge in [-0.15, -0.1) is 0 Å². The molecule has 1 aromatic carbocycles. The highest BCUT2D eigenvalue weighted by molar-refractivity contribution is 5.93. The molecule has 2 aromatic rings. The third kappa shape index (κ3) is 2.78. The maximum atomic E-state index is 11.0. The van der Waals surface area contributed by atoms with Crippen molar-refractivity contribution in [3.05, 3.63) is 41.7 Å². The molecule has 1 fully saturated rings. The molecule has 0 saturated carbocycles. The number of nitrogens with one attached hydrogen (secondary N) is 2. The molecule has 0 aliphatic carbocycles. The summed E-state index contributed by atoms with van der Waals surface area (Å²) in [5, 5.41) is 3.59. The summed E-state index contributed by atoms with van der Waals surface area (Å²) in [6.45, 7) is 1.08. The number of H-pyrrole nitrogens is 1. The molecule has 6 heteroatoms. The average Bonchev–Trinajstić information content (AvgIpc) is 3.04. The lowest BCUT2D eigenvalue weighted by molar-refractivity contribution is 0.259. The van der Waals surface area contributed by atoms with Crippen LogP contribution in [0.4, 0.5) is 10.5 Å². The molecule has 22 heavy (non-hydrogen) atoms. The topological polar surface area (TPSA) is 100 Å². The molecule has 1 atom stereocenters. The first-order chi connectivity index (χ1) is 10.5. The van der Waals surface area contributed by atoms with Gasteiger partial charge in [-0.2, -0.15) is 0 Å². The van der Waals surface area contributed by atoms with Gasteiger partial charge in [0.15, 0.2) is 0 Å². The number of carbonyl (C=O) groups excluding carboxylic acids is 1. The van der Waals surface area contributed by atoms with E-state index in [2.05, 4.69) is 28.3 Å². The summed E-state index contributed by atoms with van der Waals surface area (Å²) >= 11 is 0. The molecular formula is C16H21N5O. The van der Waals surface area contributed by atoms with Crippen molar-refractivity contribution >= 4 is 22.6 Å². The number of likely N-dealkylation sites (tertiary alicyclic amines) is 1. The van der Waals surface area contributed by atoms with Crippen LogP contribution in [0.5, 0.6) is 0 Å².